The Morgan fingerprint density at radius 3 is 2.85 bits per heavy atom. The molecule has 0 unspecified atom stereocenters. The highest BCUT2D eigenvalue weighted by Gasteiger charge is 2.16. The zero-order valence-electron chi connectivity index (χ0n) is 11.7. The van der Waals surface area contributed by atoms with Gasteiger partial charge in [0.15, 0.2) is 0 Å². The van der Waals surface area contributed by atoms with Crippen molar-refractivity contribution in [1.29, 1.82) is 0 Å². The second-order valence-electron chi connectivity index (χ2n) is 4.45. The van der Waals surface area contributed by atoms with E-state index in [1.54, 1.807) is 10.7 Å². The van der Waals surface area contributed by atoms with Crippen LogP contribution in [0.2, 0.25) is 0 Å². The Morgan fingerprint density at radius 2 is 2.20 bits per heavy atom. The smallest absolute Gasteiger partial charge is 0.222 e. The highest BCUT2D eigenvalue weighted by atomic mass is 79.9. The number of hydrogen-bond acceptors (Lipinski definition) is 3. The molecule has 0 atom stereocenters. The Balaban J connectivity index is 2.32. The molecule has 20 heavy (non-hydrogen) atoms. The Hall–Kier alpha value is -1.40. The maximum absolute atomic E-state index is 13.1. The first kappa shape index (κ1) is 15.0. The molecule has 2 aromatic rings. The van der Waals surface area contributed by atoms with Gasteiger partial charge in [0.05, 0.1) is 15.7 Å². The first-order valence-corrected chi connectivity index (χ1v) is 7.18. The SMILES string of the molecule is CCNCc1c(C)nn(C)c1Oc1ccc(F)cc1Br. The van der Waals surface area contributed by atoms with Crippen LogP contribution in [0.4, 0.5) is 4.39 Å². The summed E-state index contributed by atoms with van der Waals surface area (Å²) in [5.74, 6) is 0.918. The van der Waals surface area contributed by atoms with Crippen LogP contribution in [-0.4, -0.2) is 16.3 Å². The summed E-state index contributed by atoms with van der Waals surface area (Å²) in [6.45, 7) is 5.54. The third-order valence-corrected chi connectivity index (χ3v) is 3.56. The van der Waals surface area contributed by atoms with Gasteiger partial charge >= 0.3 is 0 Å². The Labute approximate surface area is 126 Å². The van der Waals surface area contributed by atoms with Gasteiger partial charge in [0, 0.05) is 13.6 Å². The van der Waals surface area contributed by atoms with E-state index in [2.05, 4.69) is 26.3 Å². The predicted octanol–water partition coefficient (Wildman–Crippen LogP) is 3.53. The minimum Gasteiger partial charge on any atom is -0.438 e. The van der Waals surface area contributed by atoms with Crippen LogP contribution in [-0.2, 0) is 13.6 Å². The first-order chi connectivity index (χ1) is 9.52. The van der Waals surface area contributed by atoms with Crippen LogP contribution in [0.1, 0.15) is 18.2 Å². The van der Waals surface area contributed by atoms with Crippen molar-refractivity contribution in [2.24, 2.45) is 7.05 Å². The molecule has 0 saturated heterocycles. The van der Waals surface area contributed by atoms with Gasteiger partial charge in [-0.25, -0.2) is 9.07 Å². The number of nitrogens with zero attached hydrogens (tertiary/aromatic N) is 2. The molecule has 1 heterocycles. The van der Waals surface area contributed by atoms with Crippen LogP contribution >= 0.6 is 15.9 Å². The number of aryl methyl sites for hydroxylation is 2. The fourth-order valence-corrected chi connectivity index (χ4v) is 2.36. The summed E-state index contributed by atoms with van der Waals surface area (Å²) in [6.07, 6.45) is 0. The molecule has 6 heteroatoms. The van der Waals surface area contributed by atoms with Crippen molar-refractivity contribution in [3.8, 4) is 11.6 Å². The Kier molecular flexibility index (Phi) is 4.77. The number of halogens is 2. The van der Waals surface area contributed by atoms with Gasteiger partial charge in [-0.3, -0.25) is 0 Å². The number of hydrogen-bond donors (Lipinski definition) is 1. The molecule has 0 fully saturated rings. The monoisotopic (exact) mass is 341 g/mol. The van der Waals surface area contributed by atoms with Gasteiger partial charge in [-0.1, -0.05) is 6.92 Å². The van der Waals surface area contributed by atoms with Crippen molar-refractivity contribution in [1.82, 2.24) is 15.1 Å². The van der Waals surface area contributed by atoms with Crippen LogP contribution in [0, 0.1) is 12.7 Å². The molecule has 4 nitrogen and oxygen atoms in total. The van der Waals surface area contributed by atoms with Gasteiger partial charge in [0.1, 0.15) is 11.6 Å². The summed E-state index contributed by atoms with van der Waals surface area (Å²) in [6, 6.07) is 4.34. The summed E-state index contributed by atoms with van der Waals surface area (Å²) >= 11 is 3.30. The number of benzene rings is 1. The summed E-state index contributed by atoms with van der Waals surface area (Å²) in [4.78, 5) is 0. The third kappa shape index (κ3) is 3.19. The predicted molar refractivity (Wildman–Crippen MR) is 79.5 cm³/mol. The van der Waals surface area contributed by atoms with Crippen LogP contribution in [0.15, 0.2) is 22.7 Å². The van der Waals surface area contributed by atoms with Gasteiger partial charge in [0.2, 0.25) is 5.88 Å². The molecule has 0 aliphatic carbocycles. The number of ether oxygens (including phenoxy) is 1. The van der Waals surface area contributed by atoms with Crippen molar-refractivity contribution >= 4 is 15.9 Å². The van der Waals surface area contributed by atoms with Gasteiger partial charge in [-0.05, 0) is 47.6 Å². The van der Waals surface area contributed by atoms with Crippen LogP contribution in [0.25, 0.3) is 0 Å². The number of aromatic nitrogens is 2. The summed E-state index contributed by atoms with van der Waals surface area (Å²) in [5, 5.41) is 7.63. The summed E-state index contributed by atoms with van der Waals surface area (Å²) < 4.78 is 21.3. The highest BCUT2D eigenvalue weighted by molar-refractivity contribution is 9.10. The van der Waals surface area contributed by atoms with Crippen molar-refractivity contribution in [2.75, 3.05) is 6.54 Å². The highest BCUT2D eigenvalue weighted by Crippen LogP contribution is 2.32. The molecule has 1 aromatic heterocycles. The number of rotatable bonds is 5. The summed E-state index contributed by atoms with van der Waals surface area (Å²) in [5.41, 5.74) is 1.92. The molecule has 0 amide bonds. The van der Waals surface area contributed by atoms with E-state index in [0.29, 0.717) is 22.6 Å². The average molecular weight is 342 g/mol. The molecular formula is C14H17BrFN3O. The molecule has 0 saturated carbocycles. The molecule has 0 spiro atoms. The van der Waals surface area contributed by atoms with Crippen molar-refractivity contribution in [3.63, 3.8) is 0 Å². The van der Waals surface area contributed by atoms with Gasteiger partial charge in [-0.15, -0.1) is 0 Å². The molecule has 0 aliphatic rings. The van der Waals surface area contributed by atoms with Crippen molar-refractivity contribution in [2.45, 2.75) is 20.4 Å². The average Bonchev–Trinajstić information content (AvgIpc) is 2.65. The fourth-order valence-electron chi connectivity index (χ4n) is 1.92. The van der Waals surface area contributed by atoms with Gasteiger partial charge < -0.3 is 10.1 Å². The topological polar surface area (TPSA) is 39.1 Å². The molecule has 0 aliphatic heterocycles. The number of nitrogens with one attached hydrogen (secondary N) is 1. The van der Waals surface area contributed by atoms with Crippen molar-refractivity contribution in [3.05, 3.63) is 39.7 Å². The molecule has 108 valence electrons. The van der Waals surface area contributed by atoms with Gasteiger partial charge in [0.25, 0.3) is 0 Å². The van der Waals surface area contributed by atoms with Crippen molar-refractivity contribution < 1.29 is 9.13 Å². The summed E-state index contributed by atoms with van der Waals surface area (Å²) in [7, 11) is 1.83. The lowest BCUT2D eigenvalue weighted by Gasteiger charge is -2.10. The lowest BCUT2D eigenvalue weighted by atomic mass is 10.2. The van der Waals surface area contributed by atoms with Crippen LogP contribution in [0.3, 0.4) is 0 Å². The molecule has 1 N–H and O–H groups in total. The Morgan fingerprint density at radius 1 is 1.45 bits per heavy atom. The quantitative estimate of drug-likeness (QED) is 0.904. The van der Waals surface area contributed by atoms with E-state index < -0.39 is 0 Å². The van der Waals surface area contributed by atoms with Crippen LogP contribution in [0.5, 0.6) is 11.6 Å². The molecule has 0 bridgehead atoms. The zero-order valence-corrected chi connectivity index (χ0v) is 13.3. The first-order valence-electron chi connectivity index (χ1n) is 6.39. The maximum Gasteiger partial charge on any atom is 0.222 e. The Bertz CT molecular complexity index is 613. The minimum absolute atomic E-state index is 0.307. The fraction of sp³-hybridized carbons (Fsp3) is 0.357. The van der Waals surface area contributed by atoms with E-state index in [4.69, 9.17) is 4.74 Å². The maximum atomic E-state index is 13.1. The third-order valence-electron chi connectivity index (χ3n) is 2.94. The molecule has 1 aromatic carbocycles. The second kappa shape index (κ2) is 6.37. The lowest BCUT2D eigenvalue weighted by Crippen LogP contribution is -2.12. The zero-order chi connectivity index (χ0) is 14.7. The van der Waals surface area contributed by atoms with E-state index >= 15 is 0 Å². The second-order valence-corrected chi connectivity index (χ2v) is 5.30. The normalized spacial score (nSPS) is 10.8. The van der Waals surface area contributed by atoms with E-state index in [1.165, 1.54) is 12.1 Å². The largest absolute Gasteiger partial charge is 0.438 e. The van der Waals surface area contributed by atoms with Gasteiger partial charge in [-0.2, -0.15) is 5.10 Å². The van der Waals surface area contributed by atoms with Crippen LogP contribution < -0.4 is 10.1 Å². The standard InChI is InChI=1S/C14H17BrFN3O/c1-4-17-8-11-9(2)18-19(3)14(11)20-13-6-5-10(16)7-12(13)15/h5-7,17H,4,8H2,1-3H3. The van der Waals surface area contributed by atoms with E-state index in [9.17, 15) is 4.39 Å². The molecule has 0 radical (unpaired) electrons. The lowest BCUT2D eigenvalue weighted by molar-refractivity contribution is 0.420. The minimum atomic E-state index is -0.307. The van der Waals surface area contributed by atoms with E-state index in [1.807, 2.05) is 20.9 Å². The molecular weight excluding hydrogens is 325 g/mol. The van der Waals surface area contributed by atoms with E-state index in [-0.39, 0.29) is 5.82 Å². The van der Waals surface area contributed by atoms with E-state index in [0.717, 1.165) is 17.8 Å². The molecule has 2 rings (SSSR count).